The Bertz CT molecular complexity index is 598. The molecule has 0 fully saturated rings. The first-order chi connectivity index (χ1) is 10.7. The molecule has 3 N–H and O–H groups in total. The molecule has 0 unspecified atom stereocenters. The number of halogens is 3. The van der Waals surface area contributed by atoms with E-state index in [4.69, 9.17) is 0 Å². The van der Waals surface area contributed by atoms with E-state index < -0.39 is 30.3 Å². The minimum Gasteiger partial charge on any atom is -0.329 e. The number of nitrogens with one attached hydrogen (secondary N) is 3. The molecule has 1 aromatic rings. The second-order valence-corrected chi connectivity index (χ2v) is 5.39. The highest BCUT2D eigenvalue weighted by atomic mass is 32.2. The van der Waals surface area contributed by atoms with E-state index in [2.05, 4.69) is 10.2 Å². The van der Waals surface area contributed by atoms with E-state index in [1.807, 2.05) is 6.92 Å². The van der Waals surface area contributed by atoms with Gasteiger partial charge in [0.25, 0.3) is 0 Å². The van der Waals surface area contributed by atoms with Crippen LogP contribution in [-0.4, -0.2) is 45.2 Å². The van der Waals surface area contributed by atoms with Crippen LogP contribution in [0.1, 0.15) is 19.8 Å². The lowest BCUT2D eigenvalue weighted by atomic mass is 10.3. The molecule has 0 saturated carbocycles. The van der Waals surface area contributed by atoms with Gasteiger partial charge in [-0.1, -0.05) is 25.1 Å². The number of H-pyrrole nitrogens is 1. The molecule has 0 atom stereocenters. The summed E-state index contributed by atoms with van der Waals surface area (Å²) in [5.74, 6) is -1.07. The molecule has 0 radical (unpaired) electrons. The topological polar surface area (TPSA) is 109 Å². The van der Waals surface area contributed by atoms with Gasteiger partial charge in [0.1, 0.15) is 6.54 Å². The van der Waals surface area contributed by atoms with Crippen molar-refractivity contribution in [3.8, 4) is 0 Å². The van der Waals surface area contributed by atoms with Crippen molar-refractivity contribution in [1.29, 1.82) is 0 Å². The maximum absolute atomic E-state index is 11.9. The lowest BCUT2D eigenvalue weighted by Gasteiger charge is -2.09. The molecule has 0 spiro atoms. The third-order valence-electron chi connectivity index (χ3n) is 2.49. The van der Waals surface area contributed by atoms with Crippen LogP contribution in [0.3, 0.4) is 0 Å². The largest absolute Gasteiger partial charge is 0.405 e. The summed E-state index contributed by atoms with van der Waals surface area (Å²) in [6, 6.07) is -1.24. The molecule has 0 bridgehead atoms. The van der Waals surface area contributed by atoms with Gasteiger partial charge in [-0.15, -0.1) is 5.10 Å². The molecular formula is C11H16F3N5O3S. The molecule has 12 heteroatoms. The van der Waals surface area contributed by atoms with Gasteiger partial charge in [0.15, 0.2) is 5.16 Å². The van der Waals surface area contributed by atoms with Crippen molar-refractivity contribution in [2.24, 2.45) is 0 Å². The number of carbonyl (C=O) groups is 2. The van der Waals surface area contributed by atoms with Crippen molar-refractivity contribution in [1.82, 2.24) is 25.4 Å². The molecule has 3 amide bonds. The van der Waals surface area contributed by atoms with Crippen LogP contribution in [0, 0.1) is 0 Å². The van der Waals surface area contributed by atoms with Crippen molar-refractivity contribution >= 4 is 23.7 Å². The number of imide groups is 1. The zero-order valence-electron chi connectivity index (χ0n) is 12.2. The van der Waals surface area contributed by atoms with Crippen molar-refractivity contribution in [3.63, 3.8) is 0 Å². The first-order valence-electron chi connectivity index (χ1n) is 6.65. The summed E-state index contributed by atoms with van der Waals surface area (Å²) >= 11 is 0.898. The Hall–Kier alpha value is -1.98. The standard InChI is InChI=1S/C11H16F3N5O3S/c1-2-3-4-19-9(22)17-18-10(19)23-5-7(20)16-8(21)15-6-11(12,13)14/h2-6H2,1H3,(H,17,22)(H2,15,16,20,21). The molecule has 1 heterocycles. The lowest BCUT2D eigenvalue weighted by Crippen LogP contribution is -2.44. The summed E-state index contributed by atoms with van der Waals surface area (Å²) in [6.07, 6.45) is -2.94. The van der Waals surface area contributed by atoms with Crippen molar-refractivity contribution in [3.05, 3.63) is 10.5 Å². The Balaban J connectivity index is 2.44. The summed E-state index contributed by atoms with van der Waals surface area (Å²) in [7, 11) is 0. The van der Waals surface area contributed by atoms with Crippen LogP contribution in [0.5, 0.6) is 0 Å². The van der Waals surface area contributed by atoms with Crippen LogP contribution in [0.2, 0.25) is 0 Å². The molecular weight excluding hydrogens is 339 g/mol. The third kappa shape index (κ3) is 7.21. The van der Waals surface area contributed by atoms with E-state index in [0.29, 0.717) is 6.54 Å². The number of aromatic amines is 1. The Morgan fingerprint density at radius 2 is 2.09 bits per heavy atom. The molecule has 1 rings (SSSR count). The molecule has 130 valence electrons. The van der Waals surface area contributed by atoms with Gasteiger partial charge in [-0.05, 0) is 6.42 Å². The lowest BCUT2D eigenvalue weighted by molar-refractivity contribution is -0.124. The average molecular weight is 355 g/mol. The fourth-order valence-electron chi connectivity index (χ4n) is 1.44. The van der Waals surface area contributed by atoms with E-state index in [9.17, 15) is 27.6 Å². The van der Waals surface area contributed by atoms with Gasteiger partial charge in [-0.2, -0.15) is 13.2 Å². The van der Waals surface area contributed by atoms with Gasteiger partial charge in [-0.3, -0.25) is 14.7 Å². The Kier molecular flexibility index (Phi) is 7.13. The highest BCUT2D eigenvalue weighted by molar-refractivity contribution is 7.99. The van der Waals surface area contributed by atoms with E-state index in [-0.39, 0.29) is 10.9 Å². The number of nitrogens with zero attached hydrogens (tertiary/aromatic N) is 2. The smallest absolute Gasteiger partial charge is 0.329 e. The maximum Gasteiger partial charge on any atom is 0.405 e. The van der Waals surface area contributed by atoms with Crippen molar-refractivity contribution < 1.29 is 22.8 Å². The summed E-state index contributed by atoms with van der Waals surface area (Å²) in [5.41, 5.74) is -0.413. The molecule has 0 aliphatic carbocycles. The van der Waals surface area contributed by atoms with Gasteiger partial charge in [0.05, 0.1) is 5.75 Å². The number of aromatic nitrogens is 3. The molecule has 23 heavy (non-hydrogen) atoms. The van der Waals surface area contributed by atoms with Crippen LogP contribution in [0.25, 0.3) is 0 Å². The van der Waals surface area contributed by atoms with Gasteiger partial charge < -0.3 is 5.32 Å². The number of hydrogen-bond acceptors (Lipinski definition) is 5. The fraction of sp³-hybridized carbons (Fsp3) is 0.636. The fourth-order valence-corrected chi connectivity index (χ4v) is 2.22. The summed E-state index contributed by atoms with van der Waals surface area (Å²) in [4.78, 5) is 34.1. The van der Waals surface area contributed by atoms with Crippen molar-refractivity contribution in [2.45, 2.75) is 37.6 Å². The number of urea groups is 1. The van der Waals surface area contributed by atoms with Gasteiger partial charge in [0, 0.05) is 6.54 Å². The number of amides is 3. The van der Waals surface area contributed by atoms with Crippen LogP contribution in [0.15, 0.2) is 9.95 Å². The van der Waals surface area contributed by atoms with Crippen LogP contribution >= 0.6 is 11.8 Å². The Morgan fingerprint density at radius 3 is 2.70 bits per heavy atom. The molecule has 1 aromatic heterocycles. The zero-order chi connectivity index (χ0) is 17.5. The molecule has 0 saturated heterocycles. The van der Waals surface area contributed by atoms with E-state index in [0.717, 1.165) is 24.6 Å². The summed E-state index contributed by atoms with van der Waals surface area (Å²) < 4.78 is 37.0. The van der Waals surface area contributed by atoms with Crippen LogP contribution in [-0.2, 0) is 11.3 Å². The molecule has 0 aliphatic rings. The van der Waals surface area contributed by atoms with Crippen LogP contribution in [0.4, 0.5) is 18.0 Å². The second kappa shape index (κ2) is 8.60. The SMILES string of the molecule is CCCCn1c(SCC(=O)NC(=O)NCC(F)(F)F)n[nH]c1=O. The summed E-state index contributed by atoms with van der Waals surface area (Å²) in [5, 5.41) is 9.54. The number of unbranched alkanes of at least 4 members (excludes halogenated alkanes) is 1. The number of alkyl halides is 3. The minimum atomic E-state index is -4.56. The van der Waals surface area contributed by atoms with Gasteiger partial charge in [0.2, 0.25) is 5.91 Å². The molecule has 0 aliphatic heterocycles. The maximum atomic E-state index is 11.9. The highest BCUT2D eigenvalue weighted by Crippen LogP contribution is 2.13. The second-order valence-electron chi connectivity index (χ2n) is 4.45. The predicted octanol–water partition coefficient (Wildman–Crippen LogP) is 0.852. The zero-order valence-corrected chi connectivity index (χ0v) is 13.0. The minimum absolute atomic E-state index is 0.268. The normalized spacial score (nSPS) is 11.3. The van der Waals surface area contributed by atoms with Crippen molar-refractivity contribution in [2.75, 3.05) is 12.3 Å². The predicted molar refractivity (Wildman–Crippen MR) is 76.1 cm³/mol. The number of thioether (sulfide) groups is 1. The Labute approximate surface area is 133 Å². The van der Waals surface area contributed by atoms with Gasteiger partial charge >= 0.3 is 17.9 Å². The summed E-state index contributed by atoms with van der Waals surface area (Å²) in [6.45, 7) is 0.849. The quantitative estimate of drug-likeness (QED) is 0.629. The average Bonchev–Trinajstić information content (AvgIpc) is 2.80. The first kappa shape index (κ1) is 19.1. The number of carbonyl (C=O) groups excluding carboxylic acids is 2. The Morgan fingerprint density at radius 1 is 1.39 bits per heavy atom. The molecule has 0 aromatic carbocycles. The molecule has 8 nitrogen and oxygen atoms in total. The van der Waals surface area contributed by atoms with Crippen LogP contribution < -0.4 is 16.3 Å². The first-order valence-corrected chi connectivity index (χ1v) is 7.64. The van der Waals surface area contributed by atoms with E-state index >= 15 is 0 Å². The highest BCUT2D eigenvalue weighted by Gasteiger charge is 2.28. The van der Waals surface area contributed by atoms with Gasteiger partial charge in [-0.25, -0.2) is 14.7 Å². The number of rotatable bonds is 7. The van der Waals surface area contributed by atoms with E-state index in [1.54, 1.807) is 5.32 Å². The third-order valence-corrected chi connectivity index (χ3v) is 3.47. The number of hydrogen-bond donors (Lipinski definition) is 3. The van der Waals surface area contributed by atoms with E-state index in [1.165, 1.54) is 9.88 Å². The monoisotopic (exact) mass is 355 g/mol.